The molecule has 0 bridgehead atoms. The van der Waals surface area contributed by atoms with E-state index in [9.17, 15) is 4.79 Å². The van der Waals surface area contributed by atoms with Crippen LogP contribution in [0.1, 0.15) is 20.8 Å². The highest BCUT2D eigenvalue weighted by molar-refractivity contribution is 7.21. The Kier molecular flexibility index (Phi) is 3.13. The van der Waals surface area contributed by atoms with E-state index in [1.165, 1.54) is 11.3 Å². The molecule has 3 aromatic rings. The van der Waals surface area contributed by atoms with Crippen molar-refractivity contribution >= 4 is 38.8 Å². The molecule has 2 aromatic carbocycles. The second-order valence-corrected chi connectivity index (χ2v) is 5.93. The van der Waals surface area contributed by atoms with Gasteiger partial charge < -0.3 is 0 Å². The quantitative estimate of drug-likeness (QED) is 0.599. The maximum Gasteiger partial charge on any atom is 0.203 e. The van der Waals surface area contributed by atoms with Gasteiger partial charge in [-0.2, -0.15) is 0 Å². The van der Waals surface area contributed by atoms with Gasteiger partial charge in [0.25, 0.3) is 0 Å². The molecule has 0 radical (unpaired) electrons. The maximum absolute atomic E-state index is 12.4. The molecule has 0 unspecified atom stereocenters. The number of hydrogen-bond acceptors (Lipinski definition) is 2. The molecule has 0 aliphatic rings. The second-order valence-electron chi connectivity index (χ2n) is 4.44. The smallest absolute Gasteiger partial charge is 0.203 e. The summed E-state index contributed by atoms with van der Waals surface area (Å²) in [4.78, 5) is 13.2. The van der Waals surface area contributed by atoms with Crippen molar-refractivity contribution in [3.8, 4) is 0 Å². The minimum Gasteiger partial charge on any atom is -0.288 e. The van der Waals surface area contributed by atoms with Crippen molar-refractivity contribution in [2.24, 2.45) is 0 Å². The summed E-state index contributed by atoms with van der Waals surface area (Å²) in [5.41, 5.74) is 1.62. The largest absolute Gasteiger partial charge is 0.288 e. The van der Waals surface area contributed by atoms with E-state index < -0.39 is 0 Å². The van der Waals surface area contributed by atoms with Crippen LogP contribution in [0.2, 0.25) is 5.02 Å². The first-order chi connectivity index (χ1) is 9.15. The fourth-order valence-electron chi connectivity index (χ4n) is 1.97. The number of carbonyl (C=O) groups is 1. The Morgan fingerprint density at radius 2 is 1.89 bits per heavy atom. The lowest BCUT2D eigenvalue weighted by Gasteiger charge is -2.01. The molecule has 0 fully saturated rings. The molecule has 94 valence electrons. The number of aryl methyl sites for hydroxylation is 1. The summed E-state index contributed by atoms with van der Waals surface area (Å²) in [6, 6.07) is 15.4. The Balaban J connectivity index is 2.05. The van der Waals surface area contributed by atoms with Crippen LogP contribution in [0.15, 0.2) is 48.5 Å². The molecule has 3 rings (SSSR count). The summed E-state index contributed by atoms with van der Waals surface area (Å²) in [7, 11) is 0. The predicted octanol–water partition coefficient (Wildman–Crippen LogP) is 5.09. The Labute approximate surface area is 120 Å². The average molecular weight is 287 g/mol. The summed E-state index contributed by atoms with van der Waals surface area (Å²) >= 11 is 7.59. The van der Waals surface area contributed by atoms with Crippen molar-refractivity contribution in [2.45, 2.75) is 6.92 Å². The third-order valence-electron chi connectivity index (χ3n) is 3.08. The van der Waals surface area contributed by atoms with E-state index in [-0.39, 0.29) is 5.78 Å². The highest BCUT2D eigenvalue weighted by Gasteiger charge is 2.13. The standard InChI is InChI=1S/C16H11ClOS/c1-10-6-7-12(8-13(10)17)16(18)15-9-11-4-2-3-5-14(11)19-15/h2-9H,1H3. The lowest BCUT2D eigenvalue weighted by Crippen LogP contribution is -1.98. The number of benzene rings is 2. The highest BCUT2D eigenvalue weighted by Crippen LogP contribution is 2.28. The van der Waals surface area contributed by atoms with Crippen LogP contribution < -0.4 is 0 Å². The van der Waals surface area contributed by atoms with Crippen molar-refractivity contribution in [1.29, 1.82) is 0 Å². The Hall–Kier alpha value is -1.64. The topological polar surface area (TPSA) is 17.1 Å². The van der Waals surface area contributed by atoms with Gasteiger partial charge in [0.1, 0.15) is 0 Å². The molecule has 0 N–H and O–H groups in total. The summed E-state index contributed by atoms with van der Waals surface area (Å²) < 4.78 is 1.13. The molecule has 3 heteroatoms. The fraction of sp³-hybridized carbons (Fsp3) is 0.0625. The molecular formula is C16H11ClOS. The monoisotopic (exact) mass is 286 g/mol. The normalized spacial score (nSPS) is 10.8. The third kappa shape index (κ3) is 2.29. The molecule has 1 aromatic heterocycles. The lowest BCUT2D eigenvalue weighted by atomic mass is 10.1. The molecule has 1 heterocycles. The molecule has 0 aliphatic carbocycles. The lowest BCUT2D eigenvalue weighted by molar-refractivity contribution is 0.104. The Morgan fingerprint density at radius 3 is 2.63 bits per heavy atom. The number of ketones is 1. The van der Waals surface area contributed by atoms with E-state index in [0.717, 1.165) is 20.5 Å². The van der Waals surface area contributed by atoms with Crippen LogP contribution in [0.5, 0.6) is 0 Å². The van der Waals surface area contributed by atoms with E-state index in [1.807, 2.05) is 49.4 Å². The van der Waals surface area contributed by atoms with Crippen molar-refractivity contribution < 1.29 is 4.79 Å². The first kappa shape index (κ1) is 12.4. The third-order valence-corrected chi connectivity index (χ3v) is 4.61. The molecule has 0 atom stereocenters. The Morgan fingerprint density at radius 1 is 1.11 bits per heavy atom. The number of fused-ring (bicyclic) bond motifs is 1. The van der Waals surface area contributed by atoms with E-state index in [4.69, 9.17) is 11.6 Å². The van der Waals surface area contributed by atoms with Gasteiger partial charge in [-0.1, -0.05) is 41.9 Å². The van der Waals surface area contributed by atoms with Crippen molar-refractivity contribution in [3.63, 3.8) is 0 Å². The van der Waals surface area contributed by atoms with Gasteiger partial charge >= 0.3 is 0 Å². The van der Waals surface area contributed by atoms with Crippen LogP contribution in [0.3, 0.4) is 0 Å². The minimum atomic E-state index is 0.0306. The van der Waals surface area contributed by atoms with Gasteiger partial charge in [0.05, 0.1) is 4.88 Å². The van der Waals surface area contributed by atoms with Gasteiger partial charge in [0.2, 0.25) is 5.78 Å². The van der Waals surface area contributed by atoms with Gasteiger partial charge in [-0.15, -0.1) is 11.3 Å². The number of halogens is 1. The summed E-state index contributed by atoms with van der Waals surface area (Å²) in [6.07, 6.45) is 0. The Bertz CT molecular complexity index is 740. The van der Waals surface area contributed by atoms with Gasteiger partial charge in [-0.05, 0) is 36.1 Å². The van der Waals surface area contributed by atoms with E-state index in [2.05, 4.69) is 0 Å². The molecule has 1 nitrogen and oxygen atoms in total. The maximum atomic E-state index is 12.4. The number of carbonyl (C=O) groups excluding carboxylic acids is 1. The van der Waals surface area contributed by atoms with Gasteiger partial charge in [-0.25, -0.2) is 0 Å². The fourth-order valence-corrected chi connectivity index (χ4v) is 3.18. The van der Waals surface area contributed by atoms with Crippen LogP contribution in [0.4, 0.5) is 0 Å². The molecule has 0 saturated heterocycles. The highest BCUT2D eigenvalue weighted by atomic mass is 35.5. The molecule has 0 saturated carbocycles. The molecule has 19 heavy (non-hydrogen) atoms. The van der Waals surface area contributed by atoms with Crippen molar-refractivity contribution in [1.82, 2.24) is 0 Å². The van der Waals surface area contributed by atoms with Gasteiger partial charge in [-0.3, -0.25) is 4.79 Å². The van der Waals surface area contributed by atoms with Crippen LogP contribution >= 0.6 is 22.9 Å². The molecular weight excluding hydrogens is 276 g/mol. The minimum absolute atomic E-state index is 0.0306. The summed E-state index contributed by atoms with van der Waals surface area (Å²) in [5.74, 6) is 0.0306. The molecule has 0 aliphatic heterocycles. The first-order valence-electron chi connectivity index (χ1n) is 5.94. The van der Waals surface area contributed by atoms with Gasteiger partial charge in [0.15, 0.2) is 0 Å². The number of hydrogen-bond donors (Lipinski definition) is 0. The molecule has 0 amide bonds. The number of thiophene rings is 1. The van der Waals surface area contributed by atoms with E-state index in [1.54, 1.807) is 6.07 Å². The predicted molar refractivity (Wildman–Crippen MR) is 81.4 cm³/mol. The zero-order valence-corrected chi connectivity index (χ0v) is 11.9. The summed E-state index contributed by atoms with van der Waals surface area (Å²) in [6.45, 7) is 1.93. The first-order valence-corrected chi connectivity index (χ1v) is 7.14. The van der Waals surface area contributed by atoms with E-state index in [0.29, 0.717) is 10.6 Å². The zero-order valence-electron chi connectivity index (χ0n) is 10.3. The van der Waals surface area contributed by atoms with Crippen LogP contribution in [-0.4, -0.2) is 5.78 Å². The van der Waals surface area contributed by atoms with Crippen molar-refractivity contribution in [2.75, 3.05) is 0 Å². The second kappa shape index (κ2) is 4.80. The van der Waals surface area contributed by atoms with Crippen LogP contribution in [0, 0.1) is 6.92 Å². The SMILES string of the molecule is Cc1ccc(C(=O)c2cc3ccccc3s2)cc1Cl. The average Bonchev–Trinajstić information content (AvgIpc) is 2.85. The van der Waals surface area contributed by atoms with E-state index >= 15 is 0 Å². The molecule has 0 spiro atoms. The van der Waals surface area contributed by atoms with Gasteiger partial charge in [0, 0.05) is 15.3 Å². The summed E-state index contributed by atoms with van der Waals surface area (Å²) in [5, 5.41) is 1.74. The number of rotatable bonds is 2. The zero-order chi connectivity index (χ0) is 13.4. The van der Waals surface area contributed by atoms with Crippen LogP contribution in [0.25, 0.3) is 10.1 Å². The van der Waals surface area contributed by atoms with Crippen molar-refractivity contribution in [3.05, 3.63) is 69.6 Å². The van der Waals surface area contributed by atoms with Crippen LogP contribution in [-0.2, 0) is 0 Å².